The van der Waals surface area contributed by atoms with E-state index in [4.69, 9.17) is 28.4 Å². The van der Waals surface area contributed by atoms with Crippen molar-refractivity contribution in [2.75, 3.05) is 26.4 Å². The Hall–Kier alpha value is -2.54. The van der Waals surface area contributed by atoms with Gasteiger partial charge in [0.25, 0.3) is 0 Å². The molecule has 11 unspecified atom stereocenters. The van der Waals surface area contributed by atoms with Crippen LogP contribution in [0, 0.1) is 0 Å². The zero-order valence-corrected chi connectivity index (χ0v) is 41.6. The second-order valence-electron chi connectivity index (χ2n) is 18.3. The van der Waals surface area contributed by atoms with Crippen molar-refractivity contribution in [1.29, 1.82) is 0 Å². The number of carbonyl (C=O) groups is 2. The number of rotatable bonds is 40. The summed E-state index contributed by atoms with van der Waals surface area (Å²) in [5.74, 6) is -0.962. The minimum absolute atomic E-state index is 0.129. The van der Waals surface area contributed by atoms with Crippen LogP contribution in [0.2, 0.25) is 0 Å². The largest absolute Gasteiger partial charge is 0.462 e. The predicted molar refractivity (Wildman–Crippen MR) is 261 cm³/mol. The molecule has 0 bridgehead atoms. The maximum Gasteiger partial charge on any atom is 0.306 e. The van der Waals surface area contributed by atoms with Gasteiger partial charge in [0.2, 0.25) is 0 Å². The Morgan fingerprint density at radius 3 is 1.49 bits per heavy atom. The molecule has 0 aliphatic carbocycles. The van der Waals surface area contributed by atoms with Crippen molar-refractivity contribution in [3.63, 3.8) is 0 Å². The van der Waals surface area contributed by atoms with Crippen molar-refractivity contribution in [3.8, 4) is 0 Å². The number of ether oxygens (including phenoxy) is 6. The van der Waals surface area contributed by atoms with Crippen molar-refractivity contribution < 1.29 is 73.8 Å². The summed E-state index contributed by atoms with van der Waals surface area (Å²) in [7, 11) is 0. The van der Waals surface area contributed by atoms with E-state index in [-0.39, 0.29) is 19.4 Å². The maximum absolute atomic E-state index is 13.0. The minimum atomic E-state index is -1.77. The van der Waals surface area contributed by atoms with Crippen LogP contribution in [0.4, 0.5) is 0 Å². The number of hydrogen-bond donors (Lipinski definition) is 7. The van der Waals surface area contributed by atoms with Crippen molar-refractivity contribution in [1.82, 2.24) is 0 Å². The molecule has 2 rings (SSSR count). The Balaban J connectivity index is 1.79. The van der Waals surface area contributed by atoms with Crippen molar-refractivity contribution >= 4 is 11.9 Å². The van der Waals surface area contributed by atoms with Crippen LogP contribution in [0.25, 0.3) is 0 Å². The average molecular weight is 969 g/mol. The summed E-state index contributed by atoms with van der Waals surface area (Å²) < 4.78 is 33.5. The maximum atomic E-state index is 13.0. The molecule has 394 valence electrons. The van der Waals surface area contributed by atoms with Crippen molar-refractivity contribution in [2.24, 2.45) is 0 Å². The first-order valence-electron chi connectivity index (χ1n) is 26.2. The second-order valence-corrected chi connectivity index (χ2v) is 18.3. The topological polar surface area (TPSA) is 231 Å². The molecule has 2 aliphatic rings. The third-order valence-corrected chi connectivity index (χ3v) is 12.3. The summed E-state index contributed by atoms with van der Waals surface area (Å²) in [5, 5.41) is 72.1. The van der Waals surface area contributed by atoms with E-state index in [0.717, 1.165) is 57.8 Å². The molecule has 0 spiro atoms. The lowest BCUT2D eigenvalue weighted by Crippen LogP contribution is -2.61. The van der Waals surface area contributed by atoms with E-state index in [0.29, 0.717) is 12.8 Å². The Morgan fingerprint density at radius 2 is 0.926 bits per heavy atom. The van der Waals surface area contributed by atoms with E-state index in [1.807, 2.05) is 0 Å². The zero-order valence-electron chi connectivity index (χ0n) is 41.6. The standard InChI is InChI=1S/C53H92O15/c1-3-5-7-9-11-13-15-17-18-19-20-21-22-24-25-27-29-31-33-35-44(55)63-38-41(66-45(56)36-34-32-30-28-26-23-16-14-12-10-8-6-4-2)39-64-52-51(62)49(60)47(58)43(68-52)40-65-53-50(61)48(59)46(57)42(37-54)67-53/h6,8,12,14,17-18,23,26,41-43,46-54,57-62H,3-5,7,9-11,13,15-16,19-22,24-25,27-40H2,1-2H3/b8-6-,14-12-,18-17-,26-23-. The Kier molecular flexibility index (Phi) is 36.3. The number of aliphatic hydroxyl groups excluding tert-OH is 7. The van der Waals surface area contributed by atoms with E-state index in [2.05, 4.69) is 62.5 Å². The Morgan fingerprint density at radius 1 is 0.485 bits per heavy atom. The molecule has 11 atom stereocenters. The molecular formula is C53H92O15. The number of allylic oxidation sites excluding steroid dienone is 8. The van der Waals surface area contributed by atoms with Gasteiger partial charge in [-0.1, -0.05) is 146 Å². The Labute approximate surface area is 408 Å². The van der Waals surface area contributed by atoms with Crippen LogP contribution in [-0.2, 0) is 38.0 Å². The lowest BCUT2D eigenvalue weighted by molar-refractivity contribution is -0.332. The van der Waals surface area contributed by atoms with Crippen LogP contribution in [0.15, 0.2) is 48.6 Å². The number of hydrogen-bond acceptors (Lipinski definition) is 15. The molecule has 0 aromatic rings. The fraction of sp³-hybridized carbons (Fsp3) is 0.811. The summed E-state index contributed by atoms with van der Waals surface area (Å²) >= 11 is 0. The van der Waals surface area contributed by atoms with Gasteiger partial charge in [-0.3, -0.25) is 9.59 Å². The van der Waals surface area contributed by atoms with Gasteiger partial charge in [-0.05, 0) is 70.6 Å². The van der Waals surface area contributed by atoms with Crippen LogP contribution in [0.3, 0.4) is 0 Å². The van der Waals surface area contributed by atoms with Gasteiger partial charge in [-0.25, -0.2) is 0 Å². The quantitative estimate of drug-likeness (QED) is 0.0179. The molecular weight excluding hydrogens is 877 g/mol. The summed E-state index contributed by atoms with van der Waals surface area (Å²) in [6, 6.07) is 0. The molecule has 15 heteroatoms. The van der Waals surface area contributed by atoms with Crippen LogP contribution in [0.1, 0.15) is 181 Å². The molecule has 7 N–H and O–H groups in total. The molecule has 0 radical (unpaired) electrons. The van der Waals surface area contributed by atoms with E-state index < -0.39 is 99.3 Å². The number of carbonyl (C=O) groups excluding carboxylic acids is 2. The monoisotopic (exact) mass is 969 g/mol. The van der Waals surface area contributed by atoms with E-state index in [1.54, 1.807) is 0 Å². The third kappa shape index (κ3) is 27.7. The molecule has 15 nitrogen and oxygen atoms in total. The average Bonchev–Trinajstić information content (AvgIpc) is 3.33. The van der Waals surface area contributed by atoms with Crippen LogP contribution >= 0.6 is 0 Å². The van der Waals surface area contributed by atoms with Gasteiger partial charge in [0, 0.05) is 12.8 Å². The van der Waals surface area contributed by atoms with Crippen molar-refractivity contribution in [3.05, 3.63) is 48.6 Å². The summed E-state index contributed by atoms with van der Waals surface area (Å²) in [6.07, 6.45) is 27.2. The highest BCUT2D eigenvalue weighted by atomic mass is 16.7. The smallest absolute Gasteiger partial charge is 0.306 e. The van der Waals surface area contributed by atoms with Gasteiger partial charge in [0.1, 0.15) is 55.4 Å². The fourth-order valence-corrected chi connectivity index (χ4v) is 7.99. The van der Waals surface area contributed by atoms with Gasteiger partial charge in [0.05, 0.1) is 19.8 Å². The lowest BCUT2D eigenvalue weighted by atomic mass is 9.98. The Bertz CT molecular complexity index is 1370. The summed E-state index contributed by atoms with van der Waals surface area (Å²) in [6.45, 7) is 2.44. The van der Waals surface area contributed by atoms with Gasteiger partial charge >= 0.3 is 11.9 Å². The second kappa shape index (κ2) is 40.1. The first-order chi connectivity index (χ1) is 33.0. The number of aliphatic hydroxyl groups is 7. The summed E-state index contributed by atoms with van der Waals surface area (Å²) in [4.78, 5) is 25.8. The zero-order chi connectivity index (χ0) is 49.6. The SMILES string of the molecule is CC/C=C\C/C=C\C/C=C\CCCCCC(=O)OC(COC(=O)CCCCCCCCCCC/C=C\CCCCCCCC)COC1OC(COC2OC(CO)C(O)C(O)C2O)C(O)C(O)C1O. The highest BCUT2D eigenvalue weighted by Crippen LogP contribution is 2.26. The molecule has 0 saturated carbocycles. The van der Waals surface area contributed by atoms with Crippen LogP contribution in [-0.4, -0.2) is 142 Å². The third-order valence-electron chi connectivity index (χ3n) is 12.3. The van der Waals surface area contributed by atoms with E-state index >= 15 is 0 Å². The predicted octanol–water partition coefficient (Wildman–Crippen LogP) is 7.49. The molecule has 2 heterocycles. The van der Waals surface area contributed by atoms with Gasteiger partial charge in [0.15, 0.2) is 18.7 Å². The molecule has 0 aromatic heterocycles. The molecule has 2 aliphatic heterocycles. The highest BCUT2D eigenvalue weighted by Gasteiger charge is 2.47. The molecule has 2 saturated heterocycles. The first kappa shape index (κ1) is 61.6. The van der Waals surface area contributed by atoms with Gasteiger partial charge in [-0.15, -0.1) is 0 Å². The highest BCUT2D eigenvalue weighted by molar-refractivity contribution is 5.70. The molecule has 0 aromatic carbocycles. The van der Waals surface area contributed by atoms with Crippen LogP contribution in [0.5, 0.6) is 0 Å². The lowest BCUT2D eigenvalue weighted by Gasteiger charge is -2.42. The van der Waals surface area contributed by atoms with Gasteiger partial charge in [-0.2, -0.15) is 0 Å². The van der Waals surface area contributed by atoms with E-state index in [1.165, 1.54) is 83.5 Å². The summed E-state index contributed by atoms with van der Waals surface area (Å²) in [5.41, 5.74) is 0. The first-order valence-corrected chi connectivity index (χ1v) is 26.2. The normalized spacial score (nSPS) is 26.1. The van der Waals surface area contributed by atoms with E-state index in [9.17, 15) is 45.3 Å². The van der Waals surface area contributed by atoms with Crippen molar-refractivity contribution in [2.45, 2.75) is 248 Å². The molecule has 2 fully saturated rings. The molecule has 0 amide bonds. The minimum Gasteiger partial charge on any atom is -0.462 e. The number of esters is 2. The number of unbranched alkanes of at least 4 members (excludes halogenated alkanes) is 18. The molecule has 68 heavy (non-hydrogen) atoms. The van der Waals surface area contributed by atoms with Gasteiger partial charge < -0.3 is 64.2 Å². The van der Waals surface area contributed by atoms with Crippen LogP contribution < -0.4 is 0 Å². The fourth-order valence-electron chi connectivity index (χ4n) is 7.99.